The molecule has 0 aromatic heterocycles. The monoisotopic (exact) mass is 207 g/mol. The van der Waals surface area contributed by atoms with Crippen molar-refractivity contribution in [3.05, 3.63) is 0 Å². The summed E-state index contributed by atoms with van der Waals surface area (Å²) in [5.41, 5.74) is 0.445. The Morgan fingerprint density at radius 1 is 1.50 bits per heavy atom. The summed E-state index contributed by atoms with van der Waals surface area (Å²) in [7, 11) is 2.81. The number of rotatable bonds is 3. The highest BCUT2D eigenvalue weighted by Gasteiger charge is 2.37. The van der Waals surface area contributed by atoms with Gasteiger partial charge in [-0.2, -0.15) is 4.94 Å². The predicted octanol–water partition coefficient (Wildman–Crippen LogP) is 1.04. The molecule has 0 amide bonds. The van der Waals surface area contributed by atoms with Crippen molar-refractivity contribution in [1.29, 1.82) is 0 Å². The lowest BCUT2D eigenvalue weighted by Crippen LogP contribution is -2.46. The van der Waals surface area contributed by atoms with Gasteiger partial charge in [0.2, 0.25) is 0 Å². The average molecular weight is 207 g/mol. The van der Waals surface area contributed by atoms with Gasteiger partial charge in [0.05, 0.1) is 11.8 Å². The van der Waals surface area contributed by atoms with Gasteiger partial charge in [-0.15, -0.1) is 0 Å². The van der Waals surface area contributed by atoms with E-state index in [0.717, 1.165) is 0 Å². The van der Waals surface area contributed by atoms with Crippen LogP contribution in [0.15, 0.2) is 5.16 Å². The van der Waals surface area contributed by atoms with E-state index in [-0.39, 0.29) is 6.10 Å². The maximum Gasteiger partial charge on any atom is 0.192 e. The summed E-state index contributed by atoms with van der Waals surface area (Å²) in [4.78, 5) is 8.33. The summed E-state index contributed by atoms with van der Waals surface area (Å²) in [6.45, 7) is 1.84. The summed E-state index contributed by atoms with van der Waals surface area (Å²) in [5.74, 6) is 0. The number of nitrogens with zero attached hydrogens (tertiary/aromatic N) is 1. The molecule has 82 valence electrons. The van der Waals surface area contributed by atoms with Crippen LogP contribution in [0, 0.1) is 0 Å². The molecule has 5 nitrogen and oxygen atoms in total. The van der Waals surface area contributed by atoms with Crippen molar-refractivity contribution >= 4 is 5.71 Å². The number of hydrogen-bond acceptors (Lipinski definition) is 5. The fourth-order valence-corrected chi connectivity index (χ4v) is 1.40. The van der Waals surface area contributed by atoms with Gasteiger partial charge in [0, 0.05) is 13.5 Å². The van der Waals surface area contributed by atoms with Gasteiger partial charge >= 0.3 is 0 Å². The Morgan fingerprint density at radius 3 is 2.71 bits per heavy atom. The lowest BCUT2D eigenvalue weighted by molar-refractivity contribution is -0.266. The summed E-state index contributed by atoms with van der Waals surface area (Å²) in [5, 5.41) is 3.68. The molecule has 0 aromatic carbocycles. The van der Waals surface area contributed by atoms with Crippen LogP contribution in [0.25, 0.3) is 0 Å². The van der Waals surface area contributed by atoms with E-state index in [0.29, 0.717) is 12.1 Å². The standard InChI is InChI=1S/C8H14FNO4/c1-5-4-6(10-12-3)7(14-9)8(11-2)13-5/h5,7-8H,4H2,1-3H3/b10-6+/t5?,7-,8?/m1/s1. The van der Waals surface area contributed by atoms with Crippen molar-refractivity contribution in [2.45, 2.75) is 31.8 Å². The number of oxime groups is 1. The second kappa shape index (κ2) is 5.23. The molecule has 1 rings (SSSR count). The summed E-state index contributed by atoms with van der Waals surface area (Å²) >= 11 is 0. The third-order valence-electron chi connectivity index (χ3n) is 1.98. The smallest absolute Gasteiger partial charge is 0.192 e. The molecule has 0 radical (unpaired) electrons. The first-order chi connectivity index (χ1) is 6.72. The normalized spacial score (nSPS) is 36.0. The van der Waals surface area contributed by atoms with Crippen molar-refractivity contribution < 1.29 is 23.8 Å². The van der Waals surface area contributed by atoms with Crippen LogP contribution >= 0.6 is 0 Å². The quantitative estimate of drug-likeness (QED) is 0.649. The van der Waals surface area contributed by atoms with Crippen LogP contribution < -0.4 is 0 Å². The molecule has 0 bridgehead atoms. The van der Waals surface area contributed by atoms with Crippen LogP contribution in [0.5, 0.6) is 0 Å². The van der Waals surface area contributed by atoms with Crippen molar-refractivity contribution in [3.63, 3.8) is 0 Å². The van der Waals surface area contributed by atoms with Crippen LogP contribution in [0.4, 0.5) is 4.53 Å². The third kappa shape index (κ3) is 2.40. The van der Waals surface area contributed by atoms with E-state index in [1.54, 1.807) is 0 Å². The Hall–Kier alpha value is -0.720. The topological polar surface area (TPSA) is 49.3 Å². The Morgan fingerprint density at radius 2 is 2.21 bits per heavy atom. The van der Waals surface area contributed by atoms with Crippen molar-refractivity contribution in [3.8, 4) is 0 Å². The molecule has 3 atom stereocenters. The Balaban J connectivity index is 2.76. The van der Waals surface area contributed by atoms with Crippen LogP contribution in [-0.4, -0.2) is 38.4 Å². The summed E-state index contributed by atoms with van der Waals surface area (Å²) < 4.78 is 22.4. The second-order valence-corrected chi connectivity index (χ2v) is 3.03. The van der Waals surface area contributed by atoms with Gasteiger partial charge in [-0.1, -0.05) is 5.16 Å². The molecule has 14 heavy (non-hydrogen) atoms. The van der Waals surface area contributed by atoms with E-state index in [9.17, 15) is 4.53 Å². The van der Waals surface area contributed by atoms with Crippen LogP contribution in [0.3, 0.4) is 0 Å². The largest absolute Gasteiger partial charge is 0.399 e. The maximum absolute atomic E-state index is 12.2. The molecule has 1 fully saturated rings. The first-order valence-electron chi connectivity index (χ1n) is 4.28. The SMILES string of the molecule is CO/N=C1\CC(C)OC(OC)[C@@H]1OF. The van der Waals surface area contributed by atoms with Crippen LogP contribution in [0.2, 0.25) is 0 Å². The Labute approximate surface area is 81.7 Å². The van der Waals surface area contributed by atoms with Gasteiger partial charge in [0.1, 0.15) is 7.11 Å². The van der Waals surface area contributed by atoms with Gasteiger partial charge in [0.15, 0.2) is 12.4 Å². The fourth-order valence-electron chi connectivity index (χ4n) is 1.40. The zero-order valence-corrected chi connectivity index (χ0v) is 8.40. The van der Waals surface area contributed by atoms with Crippen molar-refractivity contribution in [1.82, 2.24) is 0 Å². The zero-order valence-electron chi connectivity index (χ0n) is 8.40. The van der Waals surface area contributed by atoms with Crippen LogP contribution in [-0.2, 0) is 19.3 Å². The maximum atomic E-state index is 12.2. The molecule has 1 heterocycles. The average Bonchev–Trinajstić information content (AvgIpc) is 2.17. The Bertz CT molecular complexity index is 212. The molecule has 0 spiro atoms. The van der Waals surface area contributed by atoms with Gasteiger partial charge in [-0.05, 0) is 11.4 Å². The summed E-state index contributed by atoms with van der Waals surface area (Å²) in [6, 6.07) is 0. The molecule has 2 unspecified atom stereocenters. The lowest BCUT2D eigenvalue weighted by atomic mass is 10.0. The molecule has 1 aliphatic heterocycles. The van der Waals surface area contributed by atoms with E-state index >= 15 is 0 Å². The zero-order chi connectivity index (χ0) is 10.6. The minimum atomic E-state index is -0.948. The number of methoxy groups -OCH3 is 1. The van der Waals surface area contributed by atoms with Crippen molar-refractivity contribution in [2.24, 2.45) is 5.16 Å². The fraction of sp³-hybridized carbons (Fsp3) is 0.875. The van der Waals surface area contributed by atoms with Crippen molar-refractivity contribution in [2.75, 3.05) is 14.2 Å². The molecule has 1 saturated heterocycles. The molecule has 0 aromatic rings. The molecule has 6 heteroatoms. The van der Waals surface area contributed by atoms with Gasteiger partial charge < -0.3 is 14.3 Å². The first kappa shape index (κ1) is 11.4. The third-order valence-corrected chi connectivity index (χ3v) is 1.98. The van der Waals surface area contributed by atoms with E-state index in [4.69, 9.17) is 9.47 Å². The highest BCUT2D eigenvalue weighted by molar-refractivity contribution is 5.89. The molecule has 0 N–H and O–H groups in total. The highest BCUT2D eigenvalue weighted by atomic mass is 19.3. The molecular formula is C8H14FNO4. The summed E-state index contributed by atoms with van der Waals surface area (Å²) in [6.07, 6.45) is -1.36. The van der Waals surface area contributed by atoms with Gasteiger partial charge in [0.25, 0.3) is 0 Å². The van der Waals surface area contributed by atoms with Gasteiger partial charge in [-0.3, -0.25) is 0 Å². The lowest BCUT2D eigenvalue weighted by Gasteiger charge is -2.31. The minimum Gasteiger partial charge on any atom is -0.399 e. The molecule has 1 aliphatic rings. The molecular weight excluding hydrogens is 193 g/mol. The predicted molar refractivity (Wildman–Crippen MR) is 46.4 cm³/mol. The minimum absolute atomic E-state index is 0.0970. The van der Waals surface area contributed by atoms with E-state index < -0.39 is 12.4 Å². The molecule has 0 aliphatic carbocycles. The highest BCUT2D eigenvalue weighted by Crippen LogP contribution is 2.21. The van der Waals surface area contributed by atoms with E-state index in [1.807, 2.05) is 6.92 Å². The number of halogens is 1. The van der Waals surface area contributed by atoms with E-state index in [1.165, 1.54) is 14.2 Å². The number of hydrogen-bond donors (Lipinski definition) is 0. The van der Waals surface area contributed by atoms with Crippen LogP contribution in [0.1, 0.15) is 13.3 Å². The molecule has 0 saturated carbocycles. The van der Waals surface area contributed by atoms with E-state index in [2.05, 4.69) is 14.9 Å². The Kier molecular flexibility index (Phi) is 4.24. The first-order valence-corrected chi connectivity index (χ1v) is 4.28. The van der Waals surface area contributed by atoms with Gasteiger partial charge in [-0.25, -0.2) is 0 Å². The number of ether oxygens (including phenoxy) is 2. The second-order valence-electron chi connectivity index (χ2n) is 3.03.